The summed E-state index contributed by atoms with van der Waals surface area (Å²) in [6.45, 7) is 1.97. The fourth-order valence-electron chi connectivity index (χ4n) is 2.88. The molecular formula is C14H26O4. The molecule has 1 unspecified atom stereocenters. The lowest BCUT2D eigenvalue weighted by Gasteiger charge is -2.41. The highest BCUT2D eigenvalue weighted by atomic mass is 16.7. The molecule has 1 fully saturated rings. The van der Waals surface area contributed by atoms with Crippen LogP contribution in [-0.2, 0) is 19.0 Å². The molecule has 0 aliphatic heterocycles. The zero-order valence-electron chi connectivity index (χ0n) is 11.9. The molecule has 1 rings (SSSR count). The molecule has 0 bridgehead atoms. The summed E-state index contributed by atoms with van der Waals surface area (Å²) in [6.07, 6.45) is 7.60. The van der Waals surface area contributed by atoms with Crippen LogP contribution in [0.4, 0.5) is 0 Å². The van der Waals surface area contributed by atoms with Gasteiger partial charge in [-0.3, -0.25) is 4.79 Å². The van der Waals surface area contributed by atoms with Crippen molar-refractivity contribution < 1.29 is 19.0 Å². The second kappa shape index (κ2) is 7.74. The predicted octanol–water partition coefficient (Wildman–Crippen LogP) is 2.90. The van der Waals surface area contributed by atoms with Crippen LogP contribution < -0.4 is 0 Å². The lowest BCUT2D eigenvalue weighted by molar-refractivity contribution is -0.255. The Morgan fingerprint density at radius 3 is 2.56 bits per heavy atom. The smallest absolute Gasteiger partial charge is 0.302 e. The highest BCUT2D eigenvalue weighted by Crippen LogP contribution is 2.39. The van der Waals surface area contributed by atoms with E-state index in [1.165, 1.54) is 19.8 Å². The van der Waals surface area contributed by atoms with Gasteiger partial charge in [-0.1, -0.05) is 6.42 Å². The zero-order valence-corrected chi connectivity index (χ0v) is 11.9. The van der Waals surface area contributed by atoms with Crippen molar-refractivity contribution in [1.82, 2.24) is 0 Å². The summed E-state index contributed by atoms with van der Waals surface area (Å²) in [6, 6.07) is 0. The van der Waals surface area contributed by atoms with Crippen molar-refractivity contribution in [3.8, 4) is 0 Å². The SMILES string of the molecule is COC1(OC)CCCCC1CCCCOC(C)=O. The topological polar surface area (TPSA) is 44.8 Å². The van der Waals surface area contributed by atoms with Gasteiger partial charge in [-0.25, -0.2) is 0 Å². The number of rotatable bonds is 7. The van der Waals surface area contributed by atoms with Crippen molar-refractivity contribution in [1.29, 1.82) is 0 Å². The molecule has 0 aromatic carbocycles. The Labute approximate surface area is 110 Å². The summed E-state index contributed by atoms with van der Waals surface area (Å²) in [5.41, 5.74) is 0. The molecule has 1 saturated carbocycles. The van der Waals surface area contributed by atoms with Gasteiger partial charge in [0.15, 0.2) is 5.79 Å². The van der Waals surface area contributed by atoms with Crippen LogP contribution in [0.1, 0.15) is 51.9 Å². The number of methoxy groups -OCH3 is 2. The van der Waals surface area contributed by atoms with Crippen LogP contribution in [-0.4, -0.2) is 32.6 Å². The lowest BCUT2D eigenvalue weighted by Crippen LogP contribution is -2.44. The Hall–Kier alpha value is -0.610. The summed E-state index contributed by atoms with van der Waals surface area (Å²) >= 11 is 0. The third kappa shape index (κ3) is 4.25. The maximum absolute atomic E-state index is 10.6. The summed E-state index contributed by atoms with van der Waals surface area (Å²) < 4.78 is 16.2. The standard InChI is InChI=1S/C14H26O4/c1-12(15)18-11-7-5-9-13-8-4-6-10-14(13,16-2)17-3/h13H,4-11H2,1-3H3. The average Bonchev–Trinajstić information content (AvgIpc) is 2.38. The normalized spacial score (nSPS) is 22.7. The average molecular weight is 258 g/mol. The molecule has 0 saturated heterocycles. The van der Waals surface area contributed by atoms with Crippen molar-refractivity contribution in [2.24, 2.45) is 5.92 Å². The van der Waals surface area contributed by atoms with E-state index in [-0.39, 0.29) is 11.8 Å². The van der Waals surface area contributed by atoms with E-state index in [1.54, 1.807) is 14.2 Å². The minimum absolute atomic E-state index is 0.198. The summed E-state index contributed by atoms with van der Waals surface area (Å²) in [7, 11) is 3.47. The highest BCUT2D eigenvalue weighted by molar-refractivity contribution is 5.65. The molecule has 0 aromatic rings. The molecule has 1 atom stereocenters. The molecule has 0 N–H and O–H groups in total. The predicted molar refractivity (Wildman–Crippen MR) is 69.2 cm³/mol. The number of unbranched alkanes of at least 4 members (excludes halogenated alkanes) is 1. The Balaban J connectivity index is 2.31. The number of esters is 1. The van der Waals surface area contributed by atoms with E-state index < -0.39 is 0 Å². The maximum atomic E-state index is 10.6. The molecular weight excluding hydrogens is 232 g/mol. The number of ether oxygens (including phenoxy) is 3. The van der Waals surface area contributed by atoms with Crippen molar-refractivity contribution in [3.05, 3.63) is 0 Å². The van der Waals surface area contributed by atoms with E-state index in [0.717, 1.165) is 32.1 Å². The van der Waals surface area contributed by atoms with Crippen LogP contribution in [0.3, 0.4) is 0 Å². The van der Waals surface area contributed by atoms with E-state index in [2.05, 4.69) is 0 Å². The van der Waals surface area contributed by atoms with Crippen LogP contribution in [0.5, 0.6) is 0 Å². The quantitative estimate of drug-likeness (QED) is 0.400. The summed E-state index contributed by atoms with van der Waals surface area (Å²) in [5.74, 6) is -0.131. The molecule has 4 nitrogen and oxygen atoms in total. The van der Waals surface area contributed by atoms with E-state index in [1.807, 2.05) is 0 Å². The van der Waals surface area contributed by atoms with Crippen LogP contribution in [0.25, 0.3) is 0 Å². The van der Waals surface area contributed by atoms with Crippen LogP contribution in [0.2, 0.25) is 0 Å². The molecule has 0 heterocycles. The van der Waals surface area contributed by atoms with Gasteiger partial charge >= 0.3 is 5.97 Å². The van der Waals surface area contributed by atoms with E-state index in [0.29, 0.717) is 12.5 Å². The van der Waals surface area contributed by atoms with Crippen molar-refractivity contribution in [2.75, 3.05) is 20.8 Å². The molecule has 0 amide bonds. The maximum Gasteiger partial charge on any atom is 0.302 e. The van der Waals surface area contributed by atoms with E-state index in [9.17, 15) is 4.79 Å². The second-order valence-electron chi connectivity index (χ2n) is 5.00. The van der Waals surface area contributed by atoms with E-state index >= 15 is 0 Å². The Morgan fingerprint density at radius 1 is 1.22 bits per heavy atom. The fourth-order valence-corrected chi connectivity index (χ4v) is 2.88. The van der Waals surface area contributed by atoms with Gasteiger partial charge in [-0.15, -0.1) is 0 Å². The van der Waals surface area contributed by atoms with Gasteiger partial charge in [-0.05, 0) is 32.1 Å². The van der Waals surface area contributed by atoms with Gasteiger partial charge < -0.3 is 14.2 Å². The summed E-state index contributed by atoms with van der Waals surface area (Å²) in [5, 5.41) is 0. The van der Waals surface area contributed by atoms with Crippen LogP contribution in [0.15, 0.2) is 0 Å². The molecule has 1 aliphatic rings. The molecule has 1 aliphatic carbocycles. The second-order valence-corrected chi connectivity index (χ2v) is 5.00. The van der Waals surface area contributed by atoms with Crippen molar-refractivity contribution in [3.63, 3.8) is 0 Å². The van der Waals surface area contributed by atoms with Crippen LogP contribution >= 0.6 is 0 Å². The molecule has 0 radical (unpaired) electrons. The number of hydrogen-bond acceptors (Lipinski definition) is 4. The Bertz CT molecular complexity index is 248. The van der Waals surface area contributed by atoms with Gasteiger partial charge in [0.25, 0.3) is 0 Å². The number of hydrogen-bond donors (Lipinski definition) is 0. The van der Waals surface area contributed by atoms with E-state index in [4.69, 9.17) is 14.2 Å². The Kier molecular flexibility index (Phi) is 6.65. The first-order valence-electron chi connectivity index (χ1n) is 6.88. The third-order valence-corrected chi connectivity index (χ3v) is 3.89. The van der Waals surface area contributed by atoms with Crippen LogP contribution in [0, 0.1) is 5.92 Å². The largest absolute Gasteiger partial charge is 0.466 e. The third-order valence-electron chi connectivity index (χ3n) is 3.89. The lowest BCUT2D eigenvalue weighted by atomic mass is 9.80. The molecule has 0 aromatic heterocycles. The van der Waals surface area contributed by atoms with Crippen molar-refractivity contribution >= 4 is 5.97 Å². The van der Waals surface area contributed by atoms with Gasteiger partial charge in [0.2, 0.25) is 0 Å². The minimum atomic E-state index is -0.389. The molecule has 18 heavy (non-hydrogen) atoms. The Morgan fingerprint density at radius 2 is 1.94 bits per heavy atom. The fraction of sp³-hybridized carbons (Fsp3) is 0.929. The van der Waals surface area contributed by atoms with Gasteiger partial charge in [0.1, 0.15) is 0 Å². The monoisotopic (exact) mass is 258 g/mol. The number of carbonyl (C=O) groups excluding carboxylic acids is 1. The molecule has 106 valence electrons. The highest BCUT2D eigenvalue weighted by Gasteiger charge is 2.40. The van der Waals surface area contributed by atoms with Gasteiger partial charge in [-0.2, -0.15) is 0 Å². The first-order chi connectivity index (χ1) is 8.64. The minimum Gasteiger partial charge on any atom is -0.466 e. The van der Waals surface area contributed by atoms with Gasteiger partial charge in [0, 0.05) is 33.5 Å². The summed E-state index contributed by atoms with van der Waals surface area (Å²) in [4.78, 5) is 10.6. The molecule has 0 spiro atoms. The number of carbonyl (C=O) groups is 1. The molecule has 4 heteroatoms. The van der Waals surface area contributed by atoms with Crippen molar-refractivity contribution in [2.45, 2.75) is 57.7 Å². The zero-order chi connectivity index (χ0) is 13.4. The first kappa shape index (κ1) is 15.4. The first-order valence-corrected chi connectivity index (χ1v) is 6.88. The van der Waals surface area contributed by atoms with Gasteiger partial charge in [0.05, 0.1) is 6.61 Å².